The number of hydrazone groups is 1. The monoisotopic (exact) mass is 432 g/mol. The Hall–Kier alpha value is -2.96. The second-order valence-electron chi connectivity index (χ2n) is 5.79. The third-order valence-corrected chi connectivity index (χ3v) is 4.26. The maximum absolute atomic E-state index is 11.9. The molecule has 3 rings (SSSR count). The molecular formula is C21H18Cl2N2O4. The minimum Gasteiger partial charge on any atom is -0.490 e. The molecule has 29 heavy (non-hydrogen) atoms. The van der Waals surface area contributed by atoms with Gasteiger partial charge in [-0.05, 0) is 49.4 Å². The van der Waals surface area contributed by atoms with Crippen LogP contribution in [0, 0.1) is 0 Å². The summed E-state index contributed by atoms with van der Waals surface area (Å²) in [5.41, 5.74) is 3.09. The molecule has 3 aromatic rings. The highest BCUT2D eigenvalue weighted by Crippen LogP contribution is 2.31. The molecule has 0 aliphatic heterocycles. The lowest BCUT2D eigenvalue weighted by Gasteiger charge is -2.10. The lowest BCUT2D eigenvalue weighted by molar-refractivity contribution is -0.123. The molecule has 1 N–H and O–H groups in total. The van der Waals surface area contributed by atoms with Crippen LogP contribution in [0.15, 0.2) is 64.1 Å². The van der Waals surface area contributed by atoms with E-state index in [9.17, 15) is 4.79 Å². The predicted octanol–water partition coefficient (Wildman–Crippen LogP) is 5.18. The van der Waals surface area contributed by atoms with Crippen molar-refractivity contribution < 1.29 is 18.7 Å². The van der Waals surface area contributed by atoms with Gasteiger partial charge < -0.3 is 13.9 Å². The fourth-order valence-electron chi connectivity index (χ4n) is 2.44. The molecule has 0 radical (unpaired) electrons. The Kier molecular flexibility index (Phi) is 7.16. The molecule has 0 fully saturated rings. The molecule has 0 saturated heterocycles. The topological polar surface area (TPSA) is 73.1 Å². The fraction of sp³-hybridized carbons (Fsp3) is 0.143. The third kappa shape index (κ3) is 5.76. The first kappa shape index (κ1) is 20.8. The first-order valence-corrected chi connectivity index (χ1v) is 9.54. The number of ether oxygens (including phenoxy) is 2. The van der Waals surface area contributed by atoms with Crippen molar-refractivity contribution in [1.29, 1.82) is 0 Å². The number of carbonyl (C=O) groups excluding carboxylic acids is 1. The second kappa shape index (κ2) is 10.0. The van der Waals surface area contributed by atoms with Crippen LogP contribution in [0.4, 0.5) is 0 Å². The second-order valence-corrected chi connectivity index (χ2v) is 6.63. The van der Waals surface area contributed by atoms with Crippen LogP contribution in [0.2, 0.25) is 10.0 Å². The van der Waals surface area contributed by atoms with Gasteiger partial charge in [0.2, 0.25) is 0 Å². The Labute approximate surface area is 178 Å². The number of rotatable bonds is 8. The van der Waals surface area contributed by atoms with Crippen LogP contribution in [-0.2, 0) is 4.79 Å². The molecule has 0 unspecified atom stereocenters. The average molecular weight is 433 g/mol. The quantitative estimate of drug-likeness (QED) is 0.393. The summed E-state index contributed by atoms with van der Waals surface area (Å²) in [6, 6.07) is 15.7. The van der Waals surface area contributed by atoms with E-state index in [0.717, 1.165) is 0 Å². The lowest BCUT2D eigenvalue weighted by atomic mass is 10.2. The smallest absolute Gasteiger partial charge is 0.277 e. The van der Waals surface area contributed by atoms with E-state index in [1.807, 2.05) is 13.0 Å². The van der Waals surface area contributed by atoms with Crippen LogP contribution in [-0.4, -0.2) is 25.3 Å². The van der Waals surface area contributed by atoms with Crippen molar-refractivity contribution in [3.63, 3.8) is 0 Å². The Morgan fingerprint density at radius 2 is 1.86 bits per heavy atom. The molecule has 1 aromatic heterocycles. The predicted molar refractivity (Wildman–Crippen MR) is 113 cm³/mol. The summed E-state index contributed by atoms with van der Waals surface area (Å²) >= 11 is 12.1. The van der Waals surface area contributed by atoms with Gasteiger partial charge in [0.15, 0.2) is 18.1 Å². The highest BCUT2D eigenvalue weighted by Gasteiger charge is 2.09. The minimum absolute atomic E-state index is 0.203. The van der Waals surface area contributed by atoms with Crippen molar-refractivity contribution in [1.82, 2.24) is 5.43 Å². The summed E-state index contributed by atoms with van der Waals surface area (Å²) in [6.45, 7) is 2.17. The average Bonchev–Trinajstić information content (AvgIpc) is 3.16. The van der Waals surface area contributed by atoms with Gasteiger partial charge in [0.25, 0.3) is 5.91 Å². The van der Waals surface area contributed by atoms with Gasteiger partial charge in [-0.25, -0.2) is 5.43 Å². The van der Waals surface area contributed by atoms with Crippen molar-refractivity contribution in [2.24, 2.45) is 5.10 Å². The molecule has 6 nitrogen and oxygen atoms in total. The van der Waals surface area contributed by atoms with Gasteiger partial charge in [0.05, 0.1) is 17.8 Å². The van der Waals surface area contributed by atoms with Crippen molar-refractivity contribution >= 4 is 35.3 Å². The number of para-hydroxylation sites is 2. The van der Waals surface area contributed by atoms with E-state index in [4.69, 9.17) is 37.1 Å². The zero-order valence-electron chi connectivity index (χ0n) is 15.5. The molecule has 0 aliphatic rings. The number of hydrogen-bond acceptors (Lipinski definition) is 5. The molecule has 1 amide bonds. The molecule has 150 valence electrons. The number of furan rings is 1. The summed E-state index contributed by atoms with van der Waals surface area (Å²) < 4.78 is 16.6. The van der Waals surface area contributed by atoms with Gasteiger partial charge in [-0.2, -0.15) is 5.10 Å². The van der Waals surface area contributed by atoms with Gasteiger partial charge in [-0.1, -0.05) is 35.3 Å². The summed E-state index contributed by atoms with van der Waals surface area (Å²) in [5, 5.41) is 4.89. The maximum atomic E-state index is 11.9. The first-order valence-electron chi connectivity index (χ1n) is 8.78. The number of carbonyl (C=O) groups is 1. The zero-order valence-corrected chi connectivity index (χ0v) is 17.0. The van der Waals surface area contributed by atoms with Crippen molar-refractivity contribution in [3.05, 3.63) is 70.4 Å². The van der Waals surface area contributed by atoms with E-state index >= 15 is 0 Å². The molecule has 2 aromatic carbocycles. The number of nitrogens with zero attached hydrogens (tertiary/aromatic N) is 1. The van der Waals surface area contributed by atoms with E-state index in [1.165, 1.54) is 6.21 Å². The Balaban J connectivity index is 1.54. The standard InChI is InChI=1S/C21H18Cl2N2O4/c1-2-27-19-5-3-4-6-20(19)28-13-21(26)25-24-12-15-8-10-18(29-15)16-9-7-14(22)11-17(16)23/h3-12H,2,13H2,1H3,(H,25,26). The highest BCUT2D eigenvalue weighted by molar-refractivity contribution is 6.36. The highest BCUT2D eigenvalue weighted by atomic mass is 35.5. The summed E-state index contributed by atoms with van der Waals surface area (Å²) in [6.07, 6.45) is 1.39. The number of halogens is 2. The van der Waals surface area contributed by atoms with E-state index in [-0.39, 0.29) is 6.61 Å². The van der Waals surface area contributed by atoms with Crippen LogP contribution in [0.5, 0.6) is 11.5 Å². The van der Waals surface area contributed by atoms with Gasteiger partial charge in [-0.15, -0.1) is 0 Å². The van der Waals surface area contributed by atoms with Gasteiger partial charge in [-0.3, -0.25) is 4.79 Å². The van der Waals surface area contributed by atoms with Crippen LogP contribution in [0.1, 0.15) is 12.7 Å². The van der Waals surface area contributed by atoms with Crippen LogP contribution >= 0.6 is 23.2 Å². The van der Waals surface area contributed by atoms with Crippen molar-refractivity contribution in [2.75, 3.05) is 13.2 Å². The molecule has 0 bridgehead atoms. The molecule has 0 saturated carbocycles. The van der Waals surface area contributed by atoms with Crippen molar-refractivity contribution in [3.8, 4) is 22.8 Å². The van der Waals surface area contributed by atoms with E-state index in [0.29, 0.717) is 45.2 Å². The molecular weight excluding hydrogens is 415 g/mol. The number of amides is 1. The minimum atomic E-state index is -0.417. The summed E-state index contributed by atoms with van der Waals surface area (Å²) in [4.78, 5) is 11.9. The van der Waals surface area contributed by atoms with Gasteiger partial charge in [0.1, 0.15) is 11.5 Å². The zero-order chi connectivity index (χ0) is 20.6. The maximum Gasteiger partial charge on any atom is 0.277 e. The fourth-order valence-corrected chi connectivity index (χ4v) is 2.95. The number of benzene rings is 2. The summed E-state index contributed by atoms with van der Waals surface area (Å²) in [5.74, 6) is 1.67. The molecule has 0 atom stereocenters. The van der Waals surface area contributed by atoms with Crippen LogP contribution in [0.25, 0.3) is 11.3 Å². The van der Waals surface area contributed by atoms with Crippen molar-refractivity contribution in [2.45, 2.75) is 6.92 Å². The molecule has 1 heterocycles. The molecule has 0 aliphatic carbocycles. The van der Waals surface area contributed by atoms with E-state index in [2.05, 4.69) is 10.5 Å². The third-order valence-electron chi connectivity index (χ3n) is 3.71. The Bertz CT molecular complexity index is 1020. The van der Waals surface area contributed by atoms with Crippen LogP contribution in [0.3, 0.4) is 0 Å². The largest absolute Gasteiger partial charge is 0.490 e. The van der Waals surface area contributed by atoms with E-state index in [1.54, 1.807) is 48.5 Å². The SMILES string of the molecule is CCOc1ccccc1OCC(=O)NN=Cc1ccc(-c2ccc(Cl)cc2Cl)o1. The Morgan fingerprint density at radius 1 is 1.10 bits per heavy atom. The molecule has 8 heteroatoms. The Morgan fingerprint density at radius 3 is 2.59 bits per heavy atom. The molecule has 0 spiro atoms. The van der Waals surface area contributed by atoms with Gasteiger partial charge in [0, 0.05) is 10.6 Å². The first-order chi connectivity index (χ1) is 14.1. The van der Waals surface area contributed by atoms with Crippen LogP contribution < -0.4 is 14.9 Å². The normalized spacial score (nSPS) is 10.9. The van der Waals surface area contributed by atoms with E-state index < -0.39 is 5.91 Å². The summed E-state index contributed by atoms with van der Waals surface area (Å²) in [7, 11) is 0. The number of hydrogen-bond donors (Lipinski definition) is 1. The lowest BCUT2D eigenvalue weighted by Crippen LogP contribution is -2.24. The number of nitrogens with one attached hydrogen (secondary N) is 1. The van der Waals surface area contributed by atoms with Gasteiger partial charge >= 0.3 is 0 Å².